The second-order valence-corrected chi connectivity index (χ2v) is 28.2. The Morgan fingerprint density at radius 3 is 1.13 bits per heavy atom. The first kappa shape index (κ1) is 83.6. The third kappa shape index (κ3) is 24.8. The summed E-state index contributed by atoms with van der Waals surface area (Å²) in [5.41, 5.74) is 6.43. The Kier molecular flexibility index (Phi) is 33.3. The van der Waals surface area contributed by atoms with Gasteiger partial charge < -0.3 is 106 Å². The first-order valence-electron chi connectivity index (χ1n) is 38.6. The van der Waals surface area contributed by atoms with Gasteiger partial charge in [-0.15, -0.1) is 0 Å². The Hall–Kier alpha value is -7.87. The Morgan fingerprint density at radius 1 is 0.286 bits per heavy atom. The van der Waals surface area contributed by atoms with Gasteiger partial charge in [0.1, 0.15) is 91.6 Å². The van der Waals surface area contributed by atoms with Crippen LogP contribution in [0.2, 0.25) is 0 Å². The van der Waals surface area contributed by atoms with Crippen LogP contribution < -0.4 is 0 Å². The summed E-state index contributed by atoms with van der Waals surface area (Å²) in [5.74, 6) is -0.737. The molecule has 6 N–H and O–H groups in total. The molecule has 8 aromatic rings. The highest BCUT2D eigenvalue weighted by Crippen LogP contribution is 2.37. The molecule has 23 nitrogen and oxygen atoms in total. The van der Waals surface area contributed by atoms with Crippen LogP contribution in [0.15, 0.2) is 255 Å². The van der Waals surface area contributed by atoms with Gasteiger partial charge in [-0.1, -0.05) is 243 Å². The molecule has 112 heavy (non-hydrogen) atoms. The summed E-state index contributed by atoms with van der Waals surface area (Å²) in [7, 11) is 0. The van der Waals surface area contributed by atoms with Crippen LogP contribution in [0.5, 0.6) is 0 Å². The van der Waals surface area contributed by atoms with Gasteiger partial charge in [0.2, 0.25) is 0 Å². The van der Waals surface area contributed by atoms with Crippen LogP contribution in [-0.4, -0.2) is 199 Å². The number of aliphatic hydroxyl groups excluding tert-OH is 6. The summed E-state index contributed by atoms with van der Waals surface area (Å²) < 4.78 is 104. The zero-order chi connectivity index (χ0) is 77.5. The molecule has 0 bridgehead atoms. The quantitative estimate of drug-likeness (QED) is 0.0118. The summed E-state index contributed by atoms with van der Waals surface area (Å²) in [6, 6.07) is 75.4. The molecule has 20 atom stereocenters. The van der Waals surface area contributed by atoms with Crippen LogP contribution in [0.3, 0.4) is 0 Å². The number of esters is 1. The van der Waals surface area contributed by atoms with E-state index < -0.39 is 142 Å². The smallest absolute Gasteiger partial charge is 0.338 e. The van der Waals surface area contributed by atoms with Gasteiger partial charge >= 0.3 is 5.97 Å². The van der Waals surface area contributed by atoms with E-state index in [1.54, 1.807) is 30.3 Å². The lowest BCUT2D eigenvalue weighted by atomic mass is 9.96. The predicted octanol–water partition coefficient (Wildman–Crippen LogP) is 10.2. The lowest BCUT2D eigenvalue weighted by Crippen LogP contribution is -2.66. The van der Waals surface area contributed by atoms with Crippen LogP contribution in [0.25, 0.3) is 0 Å². The maximum atomic E-state index is 14.4. The lowest BCUT2D eigenvalue weighted by molar-refractivity contribution is -0.372. The predicted molar refractivity (Wildman–Crippen MR) is 410 cm³/mol. The first-order valence-corrected chi connectivity index (χ1v) is 38.6. The molecule has 4 aliphatic rings. The van der Waals surface area contributed by atoms with Crippen molar-refractivity contribution < 1.29 is 111 Å². The monoisotopic (exact) mass is 1540 g/mol. The van der Waals surface area contributed by atoms with Crippen molar-refractivity contribution in [2.75, 3.05) is 39.6 Å². The third-order valence-corrected chi connectivity index (χ3v) is 19.8. The summed E-state index contributed by atoms with van der Waals surface area (Å²) >= 11 is 0. The standard InChI is InChI=1S/C89H104O23/c90-73-69(59-106-89-84(111-85(96)68-46-28-13-29-47-68)83(104-56-67-44-26-12-27-45-67)80(102-54-65-40-22-10-23-41-65)72(110-89)58-99-52-63-36-18-8-19-37-63)107-86(76(93)75(73)92)105-60-70-74(91)81(77(94)87(108-70)100-49-31-5-3-1-2-4-30-48-97-50-61-32-14-6-15-33-61)112-88-78(95)82(103-55-66-42-24-11-25-43-66)79(101-53-64-38-20-9-21-39-64)71(109-88)57-98-51-62-34-16-7-17-35-62/h1,3,6-29,32-47,69-84,86-95H,2,4-5,30-31,48-60H2/b3-1+/t69-,70-,71-,72-,73-,74-,75+,76+,77+,78+,79-,80-,81+,82-,83+,84+,86+,87+,88-,89+/m1/s1. The number of hydrogen-bond acceptors (Lipinski definition) is 23. The van der Waals surface area contributed by atoms with Crippen molar-refractivity contribution in [1.29, 1.82) is 0 Å². The number of ether oxygens (including phenoxy) is 16. The van der Waals surface area contributed by atoms with Gasteiger partial charge in [-0.25, -0.2) is 4.79 Å². The maximum absolute atomic E-state index is 14.4. The Morgan fingerprint density at radius 2 is 0.652 bits per heavy atom. The number of unbranched alkanes of at least 4 members (excludes halogenated alkanes) is 3. The average Bonchev–Trinajstić information content (AvgIpc) is 0.783. The number of hydrogen-bond donors (Lipinski definition) is 6. The topological polar surface area (TPSA) is 286 Å². The number of rotatable bonds is 42. The molecule has 0 saturated carbocycles. The Bertz CT molecular complexity index is 3920. The first-order chi connectivity index (χ1) is 55.0. The molecule has 8 aromatic carbocycles. The molecule has 0 amide bonds. The van der Waals surface area contributed by atoms with Crippen molar-refractivity contribution in [2.24, 2.45) is 0 Å². The molecule has 23 heteroatoms. The number of benzene rings is 8. The fraction of sp³-hybridized carbons (Fsp3) is 0.427. The number of aliphatic hydroxyl groups is 6. The van der Waals surface area contributed by atoms with Gasteiger partial charge in [0, 0.05) is 6.61 Å². The highest BCUT2D eigenvalue weighted by atomic mass is 16.8. The molecule has 4 heterocycles. The van der Waals surface area contributed by atoms with Crippen molar-refractivity contribution in [3.63, 3.8) is 0 Å². The van der Waals surface area contributed by atoms with Gasteiger partial charge in [-0.3, -0.25) is 0 Å². The van der Waals surface area contributed by atoms with Gasteiger partial charge in [-0.05, 0) is 83.2 Å². The third-order valence-electron chi connectivity index (χ3n) is 19.8. The summed E-state index contributed by atoms with van der Waals surface area (Å²) in [6.45, 7) is 0.631. The largest absolute Gasteiger partial charge is 0.450 e. The van der Waals surface area contributed by atoms with E-state index in [9.17, 15) is 35.4 Å². The molecule has 0 aliphatic carbocycles. The average molecular weight is 1540 g/mol. The molecule has 598 valence electrons. The molecule has 0 unspecified atom stereocenters. The van der Waals surface area contributed by atoms with Crippen LogP contribution in [0.4, 0.5) is 0 Å². The molecular weight excluding hydrogens is 1440 g/mol. The van der Waals surface area contributed by atoms with Crippen molar-refractivity contribution in [3.05, 3.63) is 299 Å². The molecule has 0 aromatic heterocycles. The molecule has 12 rings (SSSR count). The van der Waals surface area contributed by atoms with Crippen LogP contribution >= 0.6 is 0 Å². The van der Waals surface area contributed by atoms with E-state index in [1.807, 2.05) is 212 Å². The van der Waals surface area contributed by atoms with Crippen molar-refractivity contribution >= 4 is 5.97 Å². The molecule has 0 radical (unpaired) electrons. The highest BCUT2D eigenvalue weighted by molar-refractivity contribution is 5.89. The van der Waals surface area contributed by atoms with Gasteiger partial charge in [-0.2, -0.15) is 0 Å². The van der Waals surface area contributed by atoms with E-state index in [0.29, 0.717) is 26.1 Å². The zero-order valence-electron chi connectivity index (χ0n) is 62.6. The Labute approximate surface area is 654 Å². The molecule has 0 spiro atoms. The molecule has 4 saturated heterocycles. The van der Waals surface area contributed by atoms with Crippen LogP contribution in [-0.2, 0) is 122 Å². The number of allylic oxidation sites excluding steroid dienone is 2. The van der Waals surface area contributed by atoms with Crippen molar-refractivity contribution in [1.82, 2.24) is 0 Å². The second kappa shape index (κ2) is 44.7. The van der Waals surface area contributed by atoms with Gasteiger partial charge in [0.25, 0.3) is 0 Å². The Balaban J connectivity index is 0.774. The summed E-state index contributed by atoms with van der Waals surface area (Å²) in [5, 5.41) is 72.9. The fourth-order valence-corrected chi connectivity index (χ4v) is 13.7. The van der Waals surface area contributed by atoms with E-state index in [4.69, 9.17) is 75.8 Å². The van der Waals surface area contributed by atoms with E-state index >= 15 is 0 Å². The second-order valence-electron chi connectivity index (χ2n) is 28.2. The van der Waals surface area contributed by atoms with Crippen molar-refractivity contribution in [2.45, 2.75) is 201 Å². The summed E-state index contributed by atoms with van der Waals surface area (Å²) in [4.78, 5) is 14.4. The zero-order valence-corrected chi connectivity index (χ0v) is 62.6. The van der Waals surface area contributed by atoms with Crippen LogP contribution in [0.1, 0.15) is 81.4 Å². The molecule has 4 fully saturated rings. The minimum absolute atomic E-state index is 0.0371. The van der Waals surface area contributed by atoms with E-state index in [-0.39, 0.29) is 65.0 Å². The minimum Gasteiger partial charge on any atom is -0.450 e. The van der Waals surface area contributed by atoms with Gasteiger partial charge in [0.15, 0.2) is 31.3 Å². The summed E-state index contributed by atoms with van der Waals surface area (Å²) in [6.07, 6.45) is -21.3. The normalized spacial score (nSPS) is 28.1. The van der Waals surface area contributed by atoms with Crippen LogP contribution in [0, 0.1) is 0 Å². The van der Waals surface area contributed by atoms with Crippen molar-refractivity contribution in [3.8, 4) is 0 Å². The number of carbonyl (C=O) groups excluding carboxylic acids is 1. The lowest BCUT2D eigenvalue weighted by Gasteiger charge is -2.48. The van der Waals surface area contributed by atoms with E-state index in [0.717, 1.165) is 58.2 Å². The minimum atomic E-state index is -1.92. The van der Waals surface area contributed by atoms with E-state index in [2.05, 4.69) is 12.2 Å². The molecular formula is C89H104O23. The maximum Gasteiger partial charge on any atom is 0.338 e. The van der Waals surface area contributed by atoms with Gasteiger partial charge in [0.05, 0.1) is 84.8 Å². The fourth-order valence-electron chi connectivity index (χ4n) is 13.7. The number of carbonyl (C=O) groups is 1. The SMILES string of the molecule is O=C(O[C@@H]1[C@@H](OC[C@H]2O[C@H](OC[C@H]3O[C@H](OCCC/C=C/CCCCOCc4ccccc4)[C@@H](O)[C@@H](O[C@H]4O[C@H](COCc5ccccc5)[C@@H](OCc5ccccc5)[C@H](OCc5ccccc5)[C@@H]4O)[C@@H]3O)[C@@H](O)[C@@H](O)[C@@H]2O)O[C@H](COCc2ccccc2)[C@@H](OCc2ccccc2)[C@@H]1OCc1ccccc1)c1ccccc1. The van der Waals surface area contributed by atoms with E-state index in [1.165, 1.54) is 0 Å². The molecule has 4 aliphatic heterocycles. The highest BCUT2D eigenvalue weighted by Gasteiger charge is 2.55.